The number of nitrogens with two attached hydrogens (primary N) is 1. The number of carbonyl (C=O) groups excluding carboxylic acids is 1. The predicted molar refractivity (Wildman–Crippen MR) is 88.6 cm³/mol. The van der Waals surface area contributed by atoms with Gasteiger partial charge in [-0.3, -0.25) is 4.79 Å². The molecule has 1 aromatic carbocycles. The van der Waals surface area contributed by atoms with Gasteiger partial charge < -0.3 is 5.32 Å². The lowest BCUT2D eigenvalue weighted by molar-refractivity contribution is 0.0955. The Labute approximate surface area is 139 Å². The van der Waals surface area contributed by atoms with E-state index >= 15 is 0 Å². The molecule has 1 amide bonds. The number of sulfonamides is 1. The second kappa shape index (κ2) is 6.00. The molecule has 3 aromatic rings. The van der Waals surface area contributed by atoms with E-state index < -0.39 is 10.0 Å². The van der Waals surface area contributed by atoms with Crippen molar-refractivity contribution >= 4 is 48.7 Å². The van der Waals surface area contributed by atoms with E-state index in [2.05, 4.69) is 5.32 Å². The van der Waals surface area contributed by atoms with Crippen LogP contribution in [0.5, 0.6) is 0 Å². The summed E-state index contributed by atoms with van der Waals surface area (Å²) in [5, 5.41) is 8.13. The van der Waals surface area contributed by atoms with Crippen LogP contribution in [0.15, 0.2) is 40.6 Å². The number of carbonyl (C=O) groups is 1. The normalized spacial score (nSPS) is 11.7. The molecule has 0 aliphatic carbocycles. The summed E-state index contributed by atoms with van der Waals surface area (Å²) in [6.07, 6.45) is 0. The molecule has 9 heteroatoms. The number of benzene rings is 1. The maximum atomic E-state index is 13.6. The van der Waals surface area contributed by atoms with E-state index in [4.69, 9.17) is 5.14 Å². The summed E-state index contributed by atoms with van der Waals surface area (Å²) in [5.41, 5.74) is 0. The lowest BCUT2D eigenvalue weighted by Gasteiger charge is -2.00. The van der Waals surface area contributed by atoms with E-state index in [1.54, 1.807) is 18.2 Å². The number of primary sulfonamides is 1. The van der Waals surface area contributed by atoms with Gasteiger partial charge in [-0.2, -0.15) is 0 Å². The molecule has 5 nitrogen and oxygen atoms in total. The fraction of sp³-hybridized carbons (Fsp3) is 0.0714. The summed E-state index contributed by atoms with van der Waals surface area (Å²) >= 11 is 2.20. The van der Waals surface area contributed by atoms with Gasteiger partial charge in [0.05, 0.1) is 11.4 Å². The van der Waals surface area contributed by atoms with Crippen LogP contribution in [0.25, 0.3) is 10.1 Å². The zero-order chi connectivity index (χ0) is 16.6. The van der Waals surface area contributed by atoms with Crippen LogP contribution in [0.3, 0.4) is 0 Å². The smallest absolute Gasteiger partial charge is 0.261 e. The number of hydrogen-bond acceptors (Lipinski definition) is 5. The SMILES string of the molecule is NS(=O)(=O)c1ccc(CNC(=O)c2cc3c(F)cccc3s2)s1. The van der Waals surface area contributed by atoms with Crippen LogP contribution in [-0.2, 0) is 16.6 Å². The predicted octanol–water partition coefficient (Wildman–Crippen LogP) is 2.68. The molecule has 0 unspecified atom stereocenters. The molecule has 2 aromatic heterocycles. The molecular formula is C14H11FN2O3S3. The van der Waals surface area contributed by atoms with E-state index in [1.165, 1.54) is 29.5 Å². The molecule has 0 aliphatic rings. The molecule has 0 atom stereocenters. The van der Waals surface area contributed by atoms with E-state index in [-0.39, 0.29) is 22.5 Å². The molecule has 0 saturated carbocycles. The third-order valence-corrected chi connectivity index (χ3v) is 6.70. The van der Waals surface area contributed by atoms with Crippen molar-refractivity contribution in [3.63, 3.8) is 0 Å². The molecule has 0 bridgehead atoms. The Bertz CT molecular complexity index is 992. The largest absolute Gasteiger partial charge is 0.346 e. The van der Waals surface area contributed by atoms with Crippen molar-refractivity contribution in [1.29, 1.82) is 0 Å². The summed E-state index contributed by atoms with van der Waals surface area (Å²) in [6, 6.07) is 9.19. The molecule has 0 fully saturated rings. The van der Waals surface area contributed by atoms with Crippen LogP contribution >= 0.6 is 22.7 Å². The minimum Gasteiger partial charge on any atom is -0.346 e. The van der Waals surface area contributed by atoms with Crippen molar-refractivity contribution < 1.29 is 17.6 Å². The topological polar surface area (TPSA) is 89.3 Å². The van der Waals surface area contributed by atoms with Gasteiger partial charge in [0, 0.05) is 15.0 Å². The Morgan fingerprint density at radius 3 is 2.65 bits per heavy atom. The van der Waals surface area contributed by atoms with E-state index in [9.17, 15) is 17.6 Å². The highest BCUT2D eigenvalue weighted by atomic mass is 32.2. The van der Waals surface area contributed by atoms with Gasteiger partial charge in [0.25, 0.3) is 5.91 Å². The van der Waals surface area contributed by atoms with Gasteiger partial charge in [-0.15, -0.1) is 22.7 Å². The summed E-state index contributed by atoms with van der Waals surface area (Å²) in [5.74, 6) is -0.704. The second-order valence-corrected chi connectivity index (χ2v) is 8.75. The number of amides is 1. The van der Waals surface area contributed by atoms with Gasteiger partial charge in [0.2, 0.25) is 10.0 Å². The van der Waals surface area contributed by atoms with Gasteiger partial charge in [-0.1, -0.05) is 6.07 Å². The summed E-state index contributed by atoms with van der Waals surface area (Å²) in [7, 11) is -3.73. The summed E-state index contributed by atoms with van der Waals surface area (Å²) in [4.78, 5) is 13.2. The fourth-order valence-corrected chi connectivity index (χ4v) is 4.71. The van der Waals surface area contributed by atoms with E-state index in [0.717, 1.165) is 11.3 Å². The highest BCUT2D eigenvalue weighted by Crippen LogP contribution is 2.27. The van der Waals surface area contributed by atoms with Gasteiger partial charge >= 0.3 is 0 Å². The average Bonchev–Trinajstić information content (AvgIpc) is 3.11. The maximum Gasteiger partial charge on any atom is 0.261 e. The monoisotopic (exact) mass is 370 g/mol. The van der Waals surface area contributed by atoms with E-state index in [1.807, 2.05) is 0 Å². The van der Waals surface area contributed by atoms with Crippen molar-refractivity contribution in [3.05, 3.63) is 52.0 Å². The van der Waals surface area contributed by atoms with Crippen LogP contribution in [0.4, 0.5) is 4.39 Å². The average molecular weight is 370 g/mol. The van der Waals surface area contributed by atoms with Crippen molar-refractivity contribution in [2.24, 2.45) is 5.14 Å². The first kappa shape index (κ1) is 16.1. The van der Waals surface area contributed by atoms with Crippen LogP contribution in [0.2, 0.25) is 0 Å². The van der Waals surface area contributed by atoms with Crippen molar-refractivity contribution in [1.82, 2.24) is 5.32 Å². The van der Waals surface area contributed by atoms with Crippen LogP contribution in [-0.4, -0.2) is 14.3 Å². The number of halogens is 1. The standard InChI is InChI=1S/C14H11FN2O3S3/c15-10-2-1-3-11-9(10)6-12(22-11)14(18)17-7-8-4-5-13(21-8)23(16,19)20/h1-6H,7H2,(H,17,18)(H2,16,19,20). The number of thiophene rings is 2. The first-order chi connectivity index (χ1) is 10.8. The Kier molecular flexibility index (Phi) is 4.19. The molecule has 3 rings (SSSR count). The zero-order valence-corrected chi connectivity index (χ0v) is 14.0. The fourth-order valence-electron chi connectivity index (χ4n) is 2.00. The Hall–Kier alpha value is -1.81. The first-order valence-corrected chi connectivity index (χ1v) is 9.60. The molecule has 23 heavy (non-hydrogen) atoms. The number of hydrogen-bond donors (Lipinski definition) is 2. The quantitative estimate of drug-likeness (QED) is 0.740. The third-order valence-electron chi connectivity index (χ3n) is 3.07. The number of fused-ring (bicyclic) bond motifs is 1. The molecular weight excluding hydrogens is 359 g/mol. The van der Waals surface area contributed by atoms with Gasteiger partial charge in [0.15, 0.2) is 0 Å². The number of nitrogens with one attached hydrogen (secondary N) is 1. The van der Waals surface area contributed by atoms with Crippen LogP contribution < -0.4 is 10.5 Å². The van der Waals surface area contributed by atoms with Gasteiger partial charge in [-0.25, -0.2) is 17.9 Å². The molecule has 0 spiro atoms. The second-order valence-electron chi connectivity index (χ2n) is 4.71. The Morgan fingerprint density at radius 1 is 1.22 bits per heavy atom. The molecule has 120 valence electrons. The molecule has 0 aliphatic heterocycles. The summed E-state index contributed by atoms with van der Waals surface area (Å²) in [6.45, 7) is 0.176. The highest BCUT2D eigenvalue weighted by molar-refractivity contribution is 7.91. The lowest BCUT2D eigenvalue weighted by Crippen LogP contribution is -2.21. The Balaban J connectivity index is 1.73. The number of rotatable bonds is 4. The van der Waals surface area contributed by atoms with Crippen LogP contribution in [0.1, 0.15) is 14.5 Å². The minimum atomic E-state index is -3.73. The van der Waals surface area contributed by atoms with Crippen molar-refractivity contribution in [3.8, 4) is 0 Å². The minimum absolute atomic E-state index is 0.0469. The van der Waals surface area contributed by atoms with Crippen molar-refractivity contribution in [2.45, 2.75) is 10.8 Å². The van der Waals surface area contributed by atoms with Gasteiger partial charge in [0.1, 0.15) is 10.0 Å². The maximum absolute atomic E-state index is 13.6. The van der Waals surface area contributed by atoms with Crippen molar-refractivity contribution in [2.75, 3.05) is 0 Å². The lowest BCUT2D eigenvalue weighted by atomic mass is 10.2. The molecule has 3 N–H and O–H groups in total. The highest BCUT2D eigenvalue weighted by Gasteiger charge is 2.14. The van der Waals surface area contributed by atoms with E-state index in [0.29, 0.717) is 19.8 Å². The molecule has 0 radical (unpaired) electrons. The molecule has 0 saturated heterocycles. The van der Waals surface area contributed by atoms with Crippen LogP contribution in [0, 0.1) is 5.82 Å². The van der Waals surface area contributed by atoms with Gasteiger partial charge in [-0.05, 0) is 30.3 Å². The Morgan fingerprint density at radius 2 is 2.00 bits per heavy atom. The first-order valence-electron chi connectivity index (χ1n) is 6.42. The molecule has 2 heterocycles. The summed E-state index contributed by atoms with van der Waals surface area (Å²) < 4.78 is 36.8. The zero-order valence-electron chi connectivity index (χ0n) is 11.6. The third kappa shape index (κ3) is 3.42.